The summed E-state index contributed by atoms with van der Waals surface area (Å²) in [6, 6.07) is 4.18. The summed E-state index contributed by atoms with van der Waals surface area (Å²) >= 11 is 1.67. The molecule has 1 aromatic rings. The normalized spacial score (nSPS) is 27.6. The van der Waals surface area contributed by atoms with Gasteiger partial charge in [0.15, 0.2) is 0 Å². The average Bonchev–Trinajstić information content (AvgIpc) is 2.94. The van der Waals surface area contributed by atoms with Crippen molar-refractivity contribution in [3.63, 3.8) is 0 Å². The summed E-state index contributed by atoms with van der Waals surface area (Å²) in [4.78, 5) is 3.58. The molecule has 3 rings (SSSR count). The Morgan fingerprint density at radius 2 is 1.96 bits per heavy atom. The second-order valence-electron chi connectivity index (χ2n) is 7.10. The summed E-state index contributed by atoms with van der Waals surface area (Å²) in [7, 11) is 3.45. The van der Waals surface area contributed by atoms with Gasteiger partial charge in [-0.1, -0.05) is 6.42 Å². The number of hydrogen-bond donors (Lipinski definition) is 1. The minimum atomic E-state index is -0.129. The average molecular weight is 352 g/mol. The molecule has 0 aromatic heterocycles. The maximum atomic E-state index is 10.5. The first-order valence-electron chi connectivity index (χ1n) is 8.81. The molecule has 1 saturated carbocycles. The lowest BCUT2D eigenvalue weighted by Gasteiger charge is -2.42. The Kier molecular flexibility index (Phi) is 5.63. The Morgan fingerprint density at radius 1 is 1.21 bits per heavy atom. The number of nitrogens with zero attached hydrogens (tertiary/aromatic N) is 1. The van der Waals surface area contributed by atoms with E-state index >= 15 is 0 Å². The highest BCUT2D eigenvalue weighted by Crippen LogP contribution is 2.45. The zero-order chi connectivity index (χ0) is 17.2. The predicted octanol–water partition coefficient (Wildman–Crippen LogP) is 3.55. The molecule has 4 nitrogen and oxygen atoms in total. The van der Waals surface area contributed by atoms with E-state index in [1.807, 2.05) is 6.26 Å². The Hall–Kier alpha value is -0.910. The molecule has 0 amide bonds. The predicted molar refractivity (Wildman–Crippen MR) is 98.1 cm³/mol. The molecule has 0 unspecified atom stereocenters. The lowest BCUT2D eigenvalue weighted by atomic mass is 9.76. The molecule has 5 heteroatoms. The molecular weight excluding hydrogens is 322 g/mol. The standard InChI is InChI=1S/C19H29NO3S/c1-22-15-11-17(24-3)16(23-2)10-14(15)12-20-9-5-8-19(13-20)7-4-6-18(19)21/h10-11,18,21H,4-9,12-13H2,1-3H3/t18-,19-/m1/s1. The molecule has 1 saturated heterocycles. The smallest absolute Gasteiger partial charge is 0.132 e. The number of ether oxygens (including phenoxy) is 2. The van der Waals surface area contributed by atoms with E-state index in [1.54, 1.807) is 26.0 Å². The summed E-state index contributed by atoms with van der Waals surface area (Å²) in [5.74, 6) is 1.83. The van der Waals surface area contributed by atoms with Crippen LogP contribution in [0.15, 0.2) is 17.0 Å². The van der Waals surface area contributed by atoms with Crippen LogP contribution >= 0.6 is 11.8 Å². The maximum absolute atomic E-state index is 10.5. The van der Waals surface area contributed by atoms with Crippen molar-refractivity contribution >= 4 is 11.8 Å². The van der Waals surface area contributed by atoms with E-state index < -0.39 is 0 Å². The van der Waals surface area contributed by atoms with E-state index in [-0.39, 0.29) is 11.5 Å². The molecule has 1 heterocycles. The fourth-order valence-electron chi connectivity index (χ4n) is 4.45. The van der Waals surface area contributed by atoms with Crippen molar-refractivity contribution in [1.29, 1.82) is 0 Å². The Bertz CT molecular complexity index is 580. The Labute approximate surface area is 149 Å². The molecule has 1 aliphatic heterocycles. The van der Waals surface area contributed by atoms with Crippen LogP contribution in [-0.2, 0) is 6.54 Å². The van der Waals surface area contributed by atoms with Crippen molar-refractivity contribution in [3.05, 3.63) is 17.7 Å². The summed E-state index contributed by atoms with van der Waals surface area (Å²) < 4.78 is 11.2. The van der Waals surface area contributed by atoms with Crippen molar-refractivity contribution in [3.8, 4) is 11.5 Å². The van der Waals surface area contributed by atoms with Crippen LogP contribution in [0.2, 0.25) is 0 Å². The van der Waals surface area contributed by atoms with Gasteiger partial charge in [-0.3, -0.25) is 4.90 Å². The maximum Gasteiger partial charge on any atom is 0.132 e. The number of piperidine rings is 1. The van der Waals surface area contributed by atoms with Crippen molar-refractivity contribution in [1.82, 2.24) is 4.90 Å². The van der Waals surface area contributed by atoms with Crippen molar-refractivity contribution in [2.24, 2.45) is 5.41 Å². The van der Waals surface area contributed by atoms with Gasteiger partial charge in [-0.15, -0.1) is 11.8 Å². The summed E-state index contributed by atoms with van der Waals surface area (Å²) in [6.45, 7) is 2.93. The Morgan fingerprint density at radius 3 is 2.58 bits per heavy atom. The lowest BCUT2D eigenvalue weighted by Crippen LogP contribution is -2.46. The van der Waals surface area contributed by atoms with Gasteiger partial charge in [0.1, 0.15) is 11.5 Å². The largest absolute Gasteiger partial charge is 0.496 e. The first kappa shape index (κ1) is 17.9. The lowest BCUT2D eigenvalue weighted by molar-refractivity contribution is -0.0121. The van der Waals surface area contributed by atoms with Crippen LogP contribution in [-0.4, -0.2) is 49.7 Å². The Balaban J connectivity index is 1.80. The second-order valence-corrected chi connectivity index (χ2v) is 7.95. The van der Waals surface area contributed by atoms with Crippen LogP contribution in [0.5, 0.6) is 11.5 Å². The van der Waals surface area contributed by atoms with Gasteiger partial charge in [0.05, 0.1) is 25.2 Å². The minimum Gasteiger partial charge on any atom is -0.496 e. The third kappa shape index (κ3) is 3.39. The van der Waals surface area contributed by atoms with Crippen molar-refractivity contribution < 1.29 is 14.6 Å². The highest BCUT2D eigenvalue weighted by atomic mass is 32.2. The molecular formula is C19H29NO3S. The molecule has 2 aliphatic rings. The highest BCUT2D eigenvalue weighted by molar-refractivity contribution is 7.98. The first-order valence-corrected chi connectivity index (χ1v) is 10.0. The molecule has 1 spiro atoms. The number of thioether (sulfide) groups is 1. The van der Waals surface area contributed by atoms with Crippen LogP contribution in [0, 0.1) is 5.41 Å². The van der Waals surface area contributed by atoms with Crippen LogP contribution in [0.25, 0.3) is 0 Å². The fraction of sp³-hybridized carbons (Fsp3) is 0.684. The van der Waals surface area contributed by atoms with Crippen LogP contribution in [0.4, 0.5) is 0 Å². The monoisotopic (exact) mass is 351 g/mol. The number of rotatable bonds is 5. The van der Waals surface area contributed by atoms with E-state index in [9.17, 15) is 5.11 Å². The number of likely N-dealkylation sites (tertiary alicyclic amines) is 1. The molecule has 2 fully saturated rings. The van der Waals surface area contributed by atoms with Gasteiger partial charge < -0.3 is 14.6 Å². The van der Waals surface area contributed by atoms with Gasteiger partial charge in [-0.2, -0.15) is 0 Å². The third-order valence-corrected chi connectivity index (χ3v) is 6.49. The summed E-state index contributed by atoms with van der Waals surface area (Å²) in [5, 5.41) is 10.5. The van der Waals surface area contributed by atoms with Crippen LogP contribution in [0.1, 0.15) is 37.7 Å². The zero-order valence-electron chi connectivity index (χ0n) is 15.0. The third-order valence-electron chi connectivity index (χ3n) is 5.73. The molecule has 0 radical (unpaired) electrons. The van der Waals surface area contributed by atoms with E-state index in [2.05, 4.69) is 17.0 Å². The minimum absolute atomic E-state index is 0.120. The zero-order valence-corrected chi connectivity index (χ0v) is 15.8. The topological polar surface area (TPSA) is 41.9 Å². The summed E-state index contributed by atoms with van der Waals surface area (Å²) in [5.41, 5.74) is 1.28. The second kappa shape index (κ2) is 7.54. The van der Waals surface area contributed by atoms with Gasteiger partial charge in [0, 0.05) is 24.1 Å². The van der Waals surface area contributed by atoms with E-state index in [4.69, 9.17) is 9.47 Å². The van der Waals surface area contributed by atoms with Crippen molar-refractivity contribution in [2.75, 3.05) is 33.6 Å². The number of benzene rings is 1. The summed E-state index contributed by atoms with van der Waals surface area (Å²) in [6.07, 6.45) is 7.54. The van der Waals surface area contributed by atoms with Gasteiger partial charge in [-0.05, 0) is 50.6 Å². The first-order chi connectivity index (χ1) is 11.6. The van der Waals surface area contributed by atoms with Crippen LogP contribution < -0.4 is 9.47 Å². The molecule has 24 heavy (non-hydrogen) atoms. The number of aliphatic hydroxyl groups is 1. The van der Waals surface area contributed by atoms with Gasteiger partial charge in [0.2, 0.25) is 0 Å². The molecule has 1 N–H and O–H groups in total. The van der Waals surface area contributed by atoms with Gasteiger partial charge in [-0.25, -0.2) is 0 Å². The molecule has 1 aromatic carbocycles. The molecule has 134 valence electrons. The molecule has 2 atom stereocenters. The molecule has 0 bridgehead atoms. The number of methoxy groups -OCH3 is 2. The molecule has 1 aliphatic carbocycles. The van der Waals surface area contributed by atoms with Gasteiger partial charge >= 0.3 is 0 Å². The SMILES string of the molecule is COc1cc(SC)c(OC)cc1CN1CCC[C@]2(CCC[C@H]2O)C1. The van der Waals surface area contributed by atoms with E-state index in [0.717, 1.165) is 67.3 Å². The van der Waals surface area contributed by atoms with Crippen molar-refractivity contribution in [2.45, 2.75) is 49.6 Å². The number of aliphatic hydroxyl groups excluding tert-OH is 1. The quantitative estimate of drug-likeness (QED) is 0.822. The highest BCUT2D eigenvalue weighted by Gasteiger charge is 2.44. The fourth-order valence-corrected chi connectivity index (χ4v) is 5.01. The van der Waals surface area contributed by atoms with Crippen LogP contribution in [0.3, 0.4) is 0 Å². The van der Waals surface area contributed by atoms with Gasteiger partial charge in [0.25, 0.3) is 0 Å². The van der Waals surface area contributed by atoms with E-state index in [0.29, 0.717) is 0 Å². The number of hydrogen-bond acceptors (Lipinski definition) is 5. The van der Waals surface area contributed by atoms with E-state index in [1.165, 1.54) is 6.42 Å².